The van der Waals surface area contributed by atoms with Crippen LogP contribution < -0.4 is 10.6 Å². The Morgan fingerprint density at radius 1 is 1.00 bits per heavy atom. The molecule has 3 aromatic rings. The minimum Gasteiger partial charge on any atom is -0.370 e. The Labute approximate surface area is 174 Å². The fourth-order valence-corrected chi connectivity index (χ4v) is 3.62. The van der Waals surface area contributed by atoms with Crippen molar-refractivity contribution >= 4 is 40.2 Å². The van der Waals surface area contributed by atoms with Crippen LogP contribution in [0.2, 0.25) is 0 Å². The van der Waals surface area contributed by atoms with Crippen LogP contribution in [-0.4, -0.2) is 34.1 Å². The van der Waals surface area contributed by atoms with E-state index < -0.39 is 17.9 Å². The van der Waals surface area contributed by atoms with E-state index in [1.807, 2.05) is 0 Å². The van der Waals surface area contributed by atoms with E-state index in [1.54, 1.807) is 48.5 Å². The van der Waals surface area contributed by atoms with E-state index in [0.29, 0.717) is 11.1 Å². The molecule has 6 nitrogen and oxygen atoms in total. The summed E-state index contributed by atoms with van der Waals surface area (Å²) < 4.78 is 39.5. The standard InChI is InChI=1S/C20H17F3N4O2S/c21-20(22,23)19-25-15-9-5-4-8-14(15)18(26-19)30-12-17(29)27(11-10-16(24)28)13-6-2-1-3-7-13/h1-9H,10-12H2,(H2,24,28). The van der Waals surface area contributed by atoms with Crippen molar-refractivity contribution in [1.82, 2.24) is 9.97 Å². The molecule has 0 unspecified atom stereocenters. The molecule has 156 valence electrons. The third-order valence-electron chi connectivity index (χ3n) is 4.10. The van der Waals surface area contributed by atoms with Crippen LogP contribution in [0.3, 0.4) is 0 Å². The Bertz CT molecular complexity index is 1060. The number of thioether (sulfide) groups is 1. The molecular weight excluding hydrogens is 417 g/mol. The second kappa shape index (κ2) is 9.12. The monoisotopic (exact) mass is 434 g/mol. The van der Waals surface area contributed by atoms with Gasteiger partial charge in [-0.25, -0.2) is 9.97 Å². The third-order valence-corrected chi connectivity index (χ3v) is 5.08. The molecule has 0 aliphatic heterocycles. The maximum Gasteiger partial charge on any atom is 0.451 e. The zero-order valence-electron chi connectivity index (χ0n) is 15.6. The van der Waals surface area contributed by atoms with Crippen molar-refractivity contribution < 1.29 is 22.8 Å². The van der Waals surface area contributed by atoms with Crippen molar-refractivity contribution in [3.63, 3.8) is 0 Å². The molecule has 3 rings (SSSR count). The fourth-order valence-electron chi connectivity index (χ4n) is 2.72. The number of carbonyl (C=O) groups is 2. The third kappa shape index (κ3) is 5.26. The van der Waals surface area contributed by atoms with Gasteiger partial charge < -0.3 is 10.6 Å². The summed E-state index contributed by atoms with van der Waals surface area (Å²) in [5, 5.41) is 0.482. The van der Waals surface area contributed by atoms with E-state index in [4.69, 9.17) is 5.73 Å². The predicted molar refractivity (Wildman–Crippen MR) is 108 cm³/mol. The average molecular weight is 434 g/mol. The van der Waals surface area contributed by atoms with Crippen molar-refractivity contribution in [1.29, 1.82) is 0 Å². The van der Waals surface area contributed by atoms with Crippen molar-refractivity contribution in [3.8, 4) is 0 Å². The van der Waals surface area contributed by atoms with Crippen molar-refractivity contribution in [3.05, 3.63) is 60.4 Å². The summed E-state index contributed by atoms with van der Waals surface area (Å²) in [6, 6.07) is 15.0. The van der Waals surface area contributed by atoms with Gasteiger partial charge in [0.1, 0.15) is 5.03 Å². The van der Waals surface area contributed by atoms with Gasteiger partial charge in [0.25, 0.3) is 0 Å². The molecule has 1 heterocycles. The summed E-state index contributed by atoms with van der Waals surface area (Å²) in [6.45, 7) is 0.0665. The van der Waals surface area contributed by atoms with E-state index in [0.717, 1.165) is 11.8 Å². The fraction of sp³-hybridized carbons (Fsp3) is 0.200. The van der Waals surface area contributed by atoms with Gasteiger partial charge in [0.15, 0.2) is 0 Å². The van der Waals surface area contributed by atoms with Gasteiger partial charge in [0, 0.05) is 24.0 Å². The first kappa shape index (κ1) is 21.6. The summed E-state index contributed by atoms with van der Waals surface area (Å²) >= 11 is 0.887. The molecule has 0 aliphatic rings. The van der Waals surface area contributed by atoms with Crippen LogP contribution >= 0.6 is 11.8 Å². The van der Waals surface area contributed by atoms with Crippen LogP contribution in [0.4, 0.5) is 18.9 Å². The topological polar surface area (TPSA) is 89.2 Å². The maximum atomic E-state index is 13.2. The molecule has 2 N–H and O–H groups in total. The van der Waals surface area contributed by atoms with Crippen LogP contribution in [0.1, 0.15) is 12.2 Å². The molecule has 0 saturated carbocycles. The van der Waals surface area contributed by atoms with Crippen molar-refractivity contribution in [2.75, 3.05) is 17.2 Å². The lowest BCUT2D eigenvalue weighted by Crippen LogP contribution is -2.35. The van der Waals surface area contributed by atoms with Gasteiger partial charge in [-0.1, -0.05) is 48.2 Å². The minimum atomic E-state index is -4.71. The number of amides is 2. The number of halogens is 3. The molecule has 0 radical (unpaired) electrons. The average Bonchev–Trinajstić information content (AvgIpc) is 2.71. The number of nitrogens with zero attached hydrogens (tertiary/aromatic N) is 3. The number of benzene rings is 2. The smallest absolute Gasteiger partial charge is 0.370 e. The molecule has 0 bridgehead atoms. The lowest BCUT2D eigenvalue weighted by atomic mass is 10.2. The normalized spacial score (nSPS) is 11.4. The van der Waals surface area contributed by atoms with Gasteiger partial charge in [-0.05, 0) is 18.2 Å². The van der Waals surface area contributed by atoms with Gasteiger partial charge >= 0.3 is 6.18 Å². The summed E-state index contributed by atoms with van der Waals surface area (Å²) in [7, 11) is 0. The molecule has 30 heavy (non-hydrogen) atoms. The van der Waals surface area contributed by atoms with Crippen molar-refractivity contribution in [2.24, 2.45) is 5.73 Å². The summed E-state index contributed by atoms with van der Waals surface area (Å²) in [6.07, 6.45) is -4.75. The summed E-state index contributed by atoms with van der Waals surface area (Å²) in [5.41, 5.74) is 5.90. The van der Waals surface area contributed by atoms with Crippen molar-refractivity contribution in [2.45, 2.75) is 17.6 Å². The van der Waals surface area contributed by atoms with Gasteiger partial charge in [-0.15, -0.1) is 0 Å². The number of para-hydroxylation sites is 2. The highest BCUT2D eigenvalue weighted by Crippen LogP contribution is 2.32. The first-order valence-corrected chi connectivity index (χ1v) is 9.85. The number of hydrogen-bond donors (Lipinski definition) is 1. The van der Waals surface area contributed by atoms with Crippen LogP contribution in [-0.2, 0) is 15.8 Å². The van der Waals surface area contributed by atoms with E-state index in [1.165, 1.54) is 11.0 Å². The van der Waals surface area contributed by atoms with Gasteiger partial charge in [0.2, 0.25) is 17.6 Å². The largest absolute Gasteiger partial charge is 0.451 e. The highest BCUT2D eigenvalue weighted by atomic mass is 32.2. The highest BCUT2D eigenvalue weighted by molar-refractivity contribution is 8.00. The summed E-state index contributed by atoms with van der Waals surface area (Å²) in [4.78, 5) is 32.6. The molecule has 0 atom stereocenters. The molecule has 10 heteroatoms. The Kier molecular flexibility index (Phi) is 6.56. The number of alkyl halides is 3. The highest BCUT2D eigenvalue weighted by Gasteiger charge is 2.35. The number of primary amides is 1. The Morgan fingerprint density at radius 2 is 1.67 bits per heavy atom. The molecule has 2 aromatic carbocycles. The zero-order chi connectivity index (χ0) is 21.7. The minimum absolute atomic E-state index is 0.0417. The van der Waals surface area contributed by atoms with Crippen LogP contribution in [0, 0.1) is 0 Å². The summed E-state index contributed by atoms with van der Waals surface area (Å²) in [5.74, 6) is -2.38. The molecular formula is C20H17F3N4O2S. The van der Waals surface area contributed by atoms with E-state index >= 15 is 0 Å². The number of fused-ring (bicyclic) bond motifs is 1. The van der Waals surface area contributed by atoms with E-state index in [-0.39, 0.29) is 35.2 Å². The van der Waals surface area contributed by atoms with Crippen LogP contribution in [0.15, 0.2) is 59.6 Å². The number of aromatic nitrogens is 2. The number of nitrogens with two attached hydrogens (primary N) is 1. The molecule has 0 saturated heterocycles. The lowest BCUT2D eigenvalue weighted by molar-refractivity contribution is -0.145. The first-order chi connectivity index (χ1) is 14.3. The maximum absolute atomic E-state index is 13.2. The lowest BCUT2D eigenvalue weighted by Gasteiger charge is -2.22. The molecule has 0 aliphatic carbocycles. The SMILES string of the molecule is NC(=O)CCN(C(=O)CSc1nc(C(F)(F)F)nc2ccccc12)c1ccccc1. The van der Waals surface area contributed by atoms with Crippen LogP contribution in [0.25, 0.3) is 10.9 Å². The zero-order valence-corrected chi connectivity index (χ0v) is 16.4. The van der Waals surface area contributed by atoms with Gasteiger partial charge in [0.05, 0.1) is 11.3 Å². The first-order valence-electron chi connectivity index (χ1n) is 8.86. The van der Waals surface area contributed by atoms with Gasteiger partial charge in [-0.2, -0.15) is 13.2 Å². The molecule has 0 fully saturated rings. The predicted octanol–water partition coefficient (Wildman–Crippen LogP) is 3.65. The quantitative estimate of drug-likeness (QED) is 0.453. The molecule has 0 spiro atoms. The molecule has 1 aromatic heterocycles. The van der Waals surface area contributed by atoms with Gasteiger partial charge in [-0.3, -0.25) is 9.59 Å². The van der Waals surface area contributed by atoms with E-state index in [9.17, 15) is 22.8 Å². The second-order valence-corrected chi connectivity index (χ2v) is 7.22. The second-order valence-electron chi connectivity index (χ2n) is 6.25. The number of hydrogen-bond acceptors (Lipinski definition) is 5. The number of rotatable bonds is 7. The number of anilines is 1. The molecule has 2 amide bonds. The Hall–Kier alpha value is -3.14. The van der Waals surface area contributed by atoms with Crippen LogP contribution in [0.5, 0.6) is 0 Å². The number of carbonyl (C=O) groups excluding carboxylic acids is 2. The Balaban J connectivity index is 1.86. The Morgan fingerprint density at radius 3 is 2.33 bits per heavy atom. The van der Waals surface area contributed by atoms with E-state index in [2.05, 4.69) is 9.97 Å².